The lowest BCUT2D eigenvalue weighted by molar-refractivity contribution is 0.0880. The molecule has 2 amide bonds. The van der Waals surface area contributed by atoms with Gasteiger partial charge in [-0.2, -0.15) is 5.10 Å². The van der Waals surface area contributed by atoms with E-state index in [0.717, 1.165) is 25.7 Å². The molecule has 2 aromatic heterocycles. The number of rotatable bonds is 4. The molecule has 2 aromatic rings. The Morgan fingerprint density at radius 2 is 1.85 bits per heavy atom. The zero-order valence-corrected chi connectivity index (χ0v) is 15.4. The lowest BCUT2D eigenvalue weighted by atomic mass is 9.89. The molecule has 3 N–H and O–H groups in total. The molecule has 4 rings (SSSR count). The highest BCUT2D eigenvalue weighted by atomic mass is 16.2. The van der Waals surface area contributed by atoms with Crippen LogP contribution in [0.4, 0.5) is 0 Å². The van der Waals surface area contributed by atoms with E-state index in [9.17, 15) is 9.59 Å². The molecule has 8 nitrogen and oxygen atoms in total. The molecule has 27 heavy (non-hydrogen) atoms. The number of likely N-dealkylation sites (tertiary alicyclic amines) is 1. The van der Waals surface area contributed by atoms with Gasteiger partial charge in [-0.25, -0.2) is 9.50 Å². The first-order valence-electron chi connectivity index (χ1n) is 9.81. The summed E-state index contributed by atoms with van der Waals surface area (Å²) in [5, 5.41) is 7.24. The lowest BCUT2D eigenvalue weighted by Gasteiger charge is -2.39. The van der Waals surface area contributed by atoms with Gasteiger partial charge in [0.15, 0.2) is 5.65 Å². The molecule has 3 heterocycles. The van der Waals surface area contributed by atoms with Gasteiger partial charge in [0.1, 0.15) is 11.3 Å². The maximum atomic E-state index is 12.8. The summed E-state index contributed by atoms with van der Waals surface area (Å²) in [6, 6.07) is 2.45. The second-order valence-electron chi connectivity index (χ2n) is 7.56. The molecular formula is C19H26N6O2. The Hall–Kier alpha value is -2.48. The second-order valence-corrected chi connectivity index (χ2v) is 7.56. The van der Waals surface area contributed by atoms with Crippen LogP contribution in [0.2, 0.25) is 0 Å². The van der Waals surface area contributed by atoms with Crippen molar-refractivity contribution in [2.45, 2.75) is 57.0 Å². The molecule has 8 heteroatoms. The Kier molecular flexibility index (Phi) is 5.07. The van der Waals surface area contributed by atoms with Crippen molar-refractivity contribution >= 4 is 17.5 Å². The van der Waals surface area contributed by atoms with Gasteiger partial charge in [-0.15, -0.1) is 0 Å². The maximum absolute atomic E-state index is 12.8. The number of carbonyl (C=O) groups is 2. The van der Waals surface area contributed by atoms with E-state index in [-0.39, 0.29) is 17.5 Å². The zero-order valence-electron chi connectivity index (χ0n) is 15.4. The number of amides is 2. The summed E-state index contributed by atoms with van der Waals surface area (Å²) in [5.41, 5.74) is 6.23. The SMILES string of the molecule is NC(=O)c1cnn2c(C(=O)NC3CCC(N4CCCCC4)CC3)ccnc12. The van der Waals surface area contributed by atoms with E-state index in [1.807, 2.05) is 0 Å². The fraction of sp³-hybridized carbons (Fsp3) is 0.579. The number of fused-ring (bicyclic) bond motifs is 1. The molecule has 1 saturated heterocycles. The summed E-state index contributed by atoms with van der Waals surface area (Å²) in [6.07, 6.45) is 11.1. The zero-order chi connectivity index (χ0) is 18.8. The molecule has 0 unspecified atom stereocenters. The molecule has 0 aromatic carbocycles. The Morgan fingerprint density at radius 3 is 2.56 bits per heavy atom. The third-order valence-corrected chi connectivity index (χ3v) is 5.84. The van der Waals surface area contributed by atoms with E-state index in [2.05, 4.69) is 20.3 Å². The van der Waals surface area contributed by atoms with Gasteiger partial charge in [0.05, 0.1) is 6.20 Å². The normalized spacial score (nSPS) is 24.0. The molecule has 144 valence electrons. The Bertz CT molecular complexity index is 834. The van der Waals surface area contributed by atoms with E-state index >= 15 is 0 Å². The van der Waals surface area contributed by atoms with Gasteiger partial charge in [0.25, 0.3) is 11.8 Å². The number of aromatic nitrogens is 3. The van der Waals surface area contributed by atoms with Gasteiger partial charge in [-0.1, -0.05) is 6.42 Å². The highest BCUT2D eigenvalue weighted by Gasteiger charge is 2.28. The molecule has 0 atom stereocenters. The summed E-state index contributed by atoms with van der Waals surface area (Å²) in [5.74, 6) is -0.797. The van der Waals surface area contributed by atoms with Crippen molar-refractivity contribution in [3.63, 3.8) is 0 Å². The standard InChI is InChI=1S/C19H26N6O2/c20-17(26)15-12-22-25-16(8-9-21-18(15)25)19(27)23-13-4-6-14(7-5-13)24-10-2-1-3-11-24/h8-9,12-14H,1-7,10-11H2,(H2,20,26)(H,23,27). The van der Waals surface area contributed by atoms with Crippen LogP contribution in [-0.4, -0.2) is 56.5 Å². The summed E-state index contributed by atoms with van der Waals surface area (Å²) in [6.45, 7) is 2.44. The van der Waals surface area contributed by atoms with Crippen LogP contribution >= 0.6 is 0 Å². The molecule has 1 aliphatic carbocycles. The smallest absolute Gasteiger partial charge is 0.270 e. The fourth-order valence-corrected chi connectivity index (χ4v) is 4.37. The number of hydrogen-bond acceptors (Lipinski definition) is 5. The third kappa shape index (κ3) is 3.66. The monoisotopic (exact) mass is 370 g/mol. The Balaban J connectivity index is 1.40. The van der Waals surface area contributed by atoms with E-state index in [1.165, 1.54) is 49.3 Å². The van der Waals surface area contributed by atoms with Gasteiger partial charge in [-0.05, 0) is 57.7 Å². The van der Waals surface area contributed by atoms with E-state index in [1.54, 1.807) is 6.07 Å². The predicted molar refractivity (Wildman–Crippen MR) is 100 cm³/mol. The molecule has 1 aliphatic heterocycles. The molecule has 1 saturated carbocycles. The number of piperidine rings is 1. The highest BCUT2D eigenvalue weighted by Crippen LogP contribution is 2.26. The van der Waals surface area contributed by atoms with Crippen LogP contribution in [0.3, 0.4) is 0 Å². The van der Waals surface area contributed by atoms with Crippen molar-refractivity contribution in [1.29, 1.82) is 0 Å². The van der Waals surface area contributed by atoms with Crippen LogP contribution < -0.4 is 11.1 Å². The minimum atomic E-state index is -0.605. The van der Waals surface area contributed by atoms with Crippen molar-refractivity contribution in [1.82, 2.24) is 24.8 Å². The van der Waals surface area contributed by atoms with Gasteiger partial charge < -0.3 is 16.0 Å². The summed E-state index contributed by atoms with van der Waals surface area (Å²) < 4.78 is 1.38. The molecule has 2 aliphatic rings. The quantitative estimate of drug-likeness (QED) is 0.845. The maximum Gasteiger partial charge on any atom is 0.270 e. The first kappa shape index (κ1) is 17.9. The summed E-state index contributed by atoms with van der Waals surface area (Å²) >= 11 is 0. The van der Waals surface area contributed by atoms with Crippen molar-refractivity contribution in [2.75, 3.05) is 13.1 Å². The number of nitrogens with one attached hydrogen (secondary N) is 1. The molecule has 0 bridgehead atoms. The number of nitrogens with zero attached hydrogens (tertiary/aromatic N) is 4. The highest BCUT2D eigenvalue weighted by molar-refractivity contribution is 5.99. The van der Waals surface area contributed by atoms with Crippen LogP contribution in [0.5, 0.6) is 0 Å². The number of nitrogens with two attached hydrogens (primary N) is 1. The minimum absolute atomic E-state index is 0.174. The van der Waals surface area contributed by atoms with Crippen molar-refractivity contribution in [2.24, 2.45) is 5.73 Å². The van der Waals surface area contributed by atoms with E-state index in [4.69, 9.17) is 5.73 Å². The summed E-state index contributed by atoms with van der Waals surface area (Å²) in [4.78, 5) is 31.0. The summed E-state index contributed by atoms with van der Waals surface area (Å²) in [7, 11) is 0. The van der Waals surface area contributed by atoms with Crippen LogP contribution in [0, 0.1) is 0 Å². The van der Waals surface area contributed by atoms with Crippen LogP contribution in [0.1, 0.15) is 65.8 Å². The van der Waals surface area contributed by atoms with Crippen LogP contribution in [0.15, 0.2) is 18.5 Å². The first-order chi connectivity index (χ1) is 13.1. The Morgan fingerprint density at radius 1 is 1.11 bits per heavy atom. The number of primary amides is 1. The van der Waals surface area contributed by atoms with E-state index in [0.29, 0.717) is 17.4 Å². The fourth-order valence-electron chi connectivity index (χ4n) is 4.37. The first-order valence-corrected chi connectivity index (χ1v) is 9.81. The molecular weight excluding hydrogens is 344 g/mol. The number of carbonyl (C=O) groups excluding carboxylic acids is 2. The van der Waals surface area contributed by atoms with Gasteiger partial charge in [0.2, 0.25) is 0 Å². The number of hydrogen-bond donors (Lipinski definition) is 2. The molecule has 0 spiro atoms. The average Bonchev–Trinajstić information content (AvgIpc) is 3.13. The van der Waals surface area contributed by atoms with Crippen LogP contribution in [0.25, 0.3) is 5.65 Å². The van der Waals surface area contributed by atoms with Crippen LogP contribution in [-0.2, 0) is 0 Å². The van der Waals surface area contributed by atoms with Crippen molar-refractivity contribution in [3.05, 3.63) is 29.7 Å². The lowest BCUT2D eigenvalue weighted by Crippen LogP contribution is -2.45. The minimum Gasteiger partial charge on any atom is -0.365 e. The van der Waals surface area contributed by atoms with Gasteiger partial charge in [-0.3, -0.25) is 9.59 Å². The Labute approximate surface area is 158 Å². The van der Waals surface area contributed by atoms with E-state index < -0.39 is 5.91 Å². The van der Waals surface area contributed by atoms with Crippen molar-refractivity contribution in [3.8, 4) is 0 Å². The topological polar surface area (TPSA) is 106 Å². The second kappa shape index (κ2) is 7.64. The third-order valence-electron chi connectivity index (χ3n) is 5.84. The van der Waals surface area contributed by atoms with Crippen molar-refractivity contribution < 1.29 is 9.59 Å². The predicted octanol–water partition coefficient (Wildman–Crippen LogP) is 1.36. The van der Waals surface area contributed by atoms with Gasteiger partial charge >= 0.3 is 0 Å². The molecule has 2 fully saturated rings. The largest absolute Gasteiger partial charge is 0.365 e. The average molecular weight is 370 g/mol. The molecule has 0 radical (unpaired) electrons. The van der Waals surface area contributed by atoms with Gasteiger partial charge in [0, 0.05) is 18.3 Å².